The number of aliphatic hydroxyl groups is 1. The first-order chi connectivity index (χ1) is 10.0. The SMILES string of the molecule is CC(C)n1ccnc(N2CCC3(O)CCCCC3C2)c1=O. The summed E-state index contributed by atoms with van der Waals surface area (Å²) in [6, 6.07) is 0.135. The summed E-state index contributed by atoms with van der Waals surface area (Å²) in [7, 11) is 0. The van der Waals surface area contributed by atoms with Gasteiger partial charge in [-0.15, -0.1) is 0 Å². The van der Waals surface area contributed by atoms with Gasteiger partial charge in [-0.25, -0.2) is 4.98 Å². The molecule has 5 nitrogen and oxygen atoms in total. The molecule has 1 N–H and O–H groups in total. The van der Waals surface area contributed by atoms with E-state index < -0.39 is 5.60 Å². The Bertz CT molecular complexity index is 569. The standard InChI is InChI=1S/C16H25N3O2/c1-12(2)19-10-8-17-14(15(19)20)18-9-7-16(21)6-4-3-5-13(16)11-18/h8,10,12-13,21H,3-7,9,11H2,1-2H3. The Morgan fingerprint density at radius 2 is 2.19 bits per heavy atom. The minimum absolute atomic E-state index is 0.0197. The summed E-state index contributed by atoms with van der Waals surface area (Å²) >= 11 is 0. The third-order valence-electron chi connectivity index (χ3n) is 5.13. The van der Waals surface area contributed by atoms with E-state index in [-0.39, 0.29) is 17.5 Å². The van der Waals surface area contributed by atoms with Gasteiger partial charge in [0.2, 0.25) is 0 Å². The predicted molar refractivity (Wildman–Crippen MR) is 82.6 cm³/mol. The molecule has 0 bridgehead atoms. The van der Waals surface area contributed by atoms with Crippen LogP contribution in [0, 0.1) is 5.92 Å². The summed E-state index contributed by atoms with van der Waals surface area (Å²) in [4.78, 5) is 18.9. The number of rotatable bonds is 2. The molecule has 1 aliphatic heterocycles. The molecule has 2 heterocycles. The highest BCUT2D eigenvalue weighted by molar-refractivity contribution is 5.37. The average Bonchev–Trinajstić information content (AvgIpc) is 2.46. The molecule has 5 heteroatoms. The Hall–Kier alpha value is -1.36. The summed E-state index contributed by atoms with van der Waals surface area (Å²) in [5.74, 6) is 0.813. The van der Waals surface area contributed by atoms with Gasteiger partial charge in [-0.1, -0.05) is 12.8 Å². The smallest absolute Gasteiger partial charge is 0.293 e. The lowest BCUT2D eigenvalue weighted by molar-refractivity contribution is -0.0614. The van der Waals surface area contributed by atoms with Crippen LogP contribution in [0.2, 0.25) is 0 Å². The van der Waals surface area contributed by atoms with Crippen molar-refractivity contribution >= 4 is 5.82 Å². The third kappa shape index (κ3) is 2.59. The molecule has 1 aliphatic carbocycles. The lowest BCUT2D eigenvalue weighted by Crippen LogP contribution is -2.54. The van der Waals surface area contributed by atoms with Gasteiger partial charge < -0.3 is 14.6 Å². The molecule has 1 aromatic rings. The average molecular weight is 291 g/mol. The molecule has 2 aliphatic rings. The Morgan fingerprint density at radius 1 is 1.38 bits per heavy atom. The molecule has 0 aromatic carbocycles. The molecule has 2 fully saturated rings. The van der Waals surface area contributed by atoms with Gasteiger partial charge in [0.15, 0.2) is 5.82 Å². The molecular weight excluding hydrogens is 266 g/mol. The molecule has 1 saturated heterocycles. The van der Waals surface area contributed by atoms with Gasteiger partial charge >= 0.3 is 0 Å². The number of fused-ring (bicyclic) bond motifs is 1. The maximum atomic E-state index is 12.5. The van der Waals surface area contributed by atoms with E-state index in [9.17, 15) is 9.90 Å². The number of hydrogen-bond donors (Lipinski definition) is 1. The number of hydrogen-bond acceptors (Lipinski definition) is 4. The minimum Gasteiger partial charge on any atom is -0.389 e. The van der Waals surface area contributed by atoms with E-state index in [1.54, 1.807) is 17.0 Å². The summed E-state index contributed by atoms with van der Waals surface area (Å²) in [6.07, 6.45) is 8.46. The molecule has 2 unspecified atom stereocenters. The highest BCUT2D eigenvalue weighted by Gasteiger charge is 2.43. The van der Waals surface area contributed by atoms with E-state index >= 15 is 0 Å². The van der Waals surface area contributed by atoms with Crippen LogP contribution < -0.4 is 10.5 Å². The summed E-state index contributed by atoms with van der Waals surface area (Å²) in [5, 5.41) is 10.7. The first kappa shape index (κ1) is 14.6. The fourth-order valence-corrected chi connectivity index (χ4v) is 3.80. The van der Waals surface area contributed by atoms with Crippen LogP contribution in [0.1, 0.15) is 52.0 Å². The van der Waals surface area contributed by atoms with Crippen molar-refractivity contribution in [2.45, 2.75) is 57.6 Å². The molecular formula is C16H25N3O2. The zero-order chi connectivity index (χ0) is 15.0. The van der Waals surface area contributed by atoms with Crippen molar-refractivity contribution in [1.29, 1.82) is 0 Å². The number of anilines is 1. The molecule has 3 rings (SSSR count). The zero-order valence-electron chi connectivity index (χ0n) is 13.0. The van der Waals surface area contributed by atoms with E-state index in [1.807, 2.05) is 13.8 Å². The van der Waals surface area contributed by atoms with Crippen molar-refractivity contribution in [3.63, 3.8) is 0 Å². The molecule has 1 aromatic heterocycles. The van der Waals surface area contributed by atoms with Gasteiger partial charge in [-0.05, 0) is 33.1 Å². The molecule has 1 saturated carbocycles. The lowest BCUT2D eigenvalue weighted by atomic mass is 9.71. The van der Waals surface area contributed by atoms with Crippen LogP contribution in [0.25, 0.3) is 0 Å². The van der Waals surface area contributed by atoms with Crippen LogP contribution >= 0.6 is 0 Å². The quantitative estimate of drug-likeness (QED) is 0.905. The maximum Gasteiger partial charge on any atom is 0.293 e. The fraction of sp³-hybridized carbons (Fsp3) is 0.750. The topological polar surface area (TPSA) is 58.4 Å². The molecule has 0 amide bonds. The molecule has 116 valence electrons. The van der Waals surface area contributed by atoms with Crippen LogP contribution in [0.15, 0.2) is 17.2 Å². The number of nitrogens with zero attached hydrogens (tertiary/aromatic N) is 3. The van der Waals surface area contributed by atoms with Crippen molar-refractivity contribution in [3.8, 4) is 0 Å². The van der Waals surface area contributed by atoms with E-state index in [0.717, 1.165) is 38.8 Å². The first-order valence-electron chi connectivity index (χ1n) is 8.06. The van der Waals surface area contributed by atoms with Gasteiger partial charge in [-0.2, -0.15) is 0 Å². The van der Waals surface area contributed by atoms with Crippen LogP contribution in [0.4, 0.5) is 5.82 Å². The molecule has 0 spiro atoms. The van der Waals surface area contributed by atoms with Crippen LogP contribution in [-0.4, -0.2) is 33.3 Å². The predicted octanol–water partition coefficient (Wildman–Crippen LogP) is 1.96. The fourth-order valence-electron chi connectivity index (χ4n) is 3.80. The van der Waals surface area contributed by atoms with Crippen molar-refractivity contribution in [2.24, 2.45) is 5.92 Å². The van der Waals surface area contributed by atoms with Gasteiger partial charge in [-0.3, -0.25) is 4.79 Å². The van der Waals surface area contributed by atoms with Crippen LogP contribution in [-0.2, 0) is 0 Å². The van der Waals surface area contributed by atoms with Crippen molar-refractivity contribution in [1.82, 2.24) is 9.55 Å². The largest absolute Gasteiger partial charge is 0.389 e. The second-order valence-corrected chi connectivity index (χ2v) is 6.80. The first-order valence-corrected chi connectivity index (χ1v) is 8.06. The van der Waals surface area contributed by atoms with Crippen molar-refractivity contribution < 1.29 is 5.11 Å². The van der Waals surface area contributed by atoms with Crippen molar-refractivity contribution in [3.05, 3.63) is 22.7 Å². The summed E-state index contributed by atoms with van der Waals surface area (Å²) in [6.45, 7) is 5.47. The number of piperidine rings is 1. The molecule has 2 atom stereocenters. The molecule has 0 radical (unpaired) electrons. The van der Waals surface area contributed by atoms with E-state index in [1.165, 1.54) is 6.42 Å². The monoisotopic (exact) mass is 291 g/mol. The number of aromatic nitrogens is 2. The Kier molecular flexibility index (Phi) is 3.78. The van der Waals surface area contributed by atoms with E-state index in [0.29, 0.717) is 5.82 Å². The second-order valence-electron chi connectivity index (χ2n) is 6.80. The van der Waals surface area contributed by atoms with E-state index in [2.05, 4.69) is 9.88 Å². The van der Waals surface area contributed by atoms with Crippen molar-refractivity contribution in [2.75, 3.05) is 18.0 Å². The Balaban J connectivity index is 1.86. The highest BCUT2D eigenvalue weighted by Crippen LogP contribution is 2.40. The lowest BCUT2D eigenvalue weighted by Gasteiger charge is -2.47. The molecule has 21 heavy (non-hydrogen) atoms. The minimum atomic E-state index is -0.513. The van der Waals surface area contributed by atoms with Crippen LogP contribution in [0.5, 0.6) is 0 Å². The van der Waals surface area contributed by atoms with Gasteiger partial charge in [0, 0.05) is 37.4 Å². The Labute approximate surface area is 125 Å². The van der Waals surface area contributed by atoms with E-state index in [4.69, 9.17) is 0 Å². The second kappa shape index (κ2) is 5.44. The van der Waals surface area contributed by atoms with Gasteiger partial charge in [0.05, 0.1) is 5.60 Å². The van der Waals surface area contributed by atoms with Gasteiger partial charge in [0.25, 0.3) is 5.56 Å². The highest BCUT2D eigenvalue weighted by atomic mass is 16.3. The summed E-state index contributed by atoms with van der Waals surface area (Å²) < 4.78 is 1.73. The van der Waals surface area contributed by atoms with Gasteiger partial charge in [0.1, 0.15) is 0 Å². The summed E-state index contributed by atoms with van der Waals surface area (Å²) in [5.41, 5.74) is -0.533. The third-order valence-corrected chi connectivity index (χ3v) is 5.13. The zero-order valence-corrected chi connectivity index (χ0v) is 13.0. The Morgan fingerprint density at radius 3 is 2.95 bits per heavy atom. The normalized spacial score (nSPS) is 29.5. The van der Waals surface area contributed by atoms with Crippen LogP contribution in [0.3, 0.4) is 0 Å². The maximum absolute atomic E-state index is 12.5.